The number of nitro benzene ring substituents is 1. The van der Waals surface area contributed by atoms with Crippen LogP contribution in [0.25, 0.3) is 10.2 Å². The first kappa shape index (κ1) is 26.5. The molecule has 0 spiro atoms. The van der Waals surface area contributed by atoms with E-state index in [-0.39, 0.29) is 35.1 Å². The third-order valence-corrected chi connectivity index (χ3v) is 8.17. The normalized spacial score (nSPS) is 11.7. The molecule has 0 N–H and O–H groups in total. The highest BCUT2D eigenvalue weighted by atomic mass is 32.2. The van der Waals surface area contributed by atoms with Crippen molar-refractivity contribution >= 4 is 48.1 Å². The molecule has 188 valence electrons. The van der Waals surface area contributed by atoms with E-state index in [1.54, 1.807) is 23.1 Å². The number of methoxy groups -OCH3 is 1. The van der Waals surface area contributed by atoms with Crippen molar-refractivity contribution in [2.75, 3.05) is 44.9 Å². The highest BCUT2D eigenvalue weighted by Crippen LogP contribution is 2.32. The second-order valence-corrected chi connectivity index (χ2v) is 11.3. The Kier molecular flexibility index (Phi) is 8.76. The Labute approximate surface area is 208 Å². The van der Waals surface area contributed by atoms with E-state index >= 15 is 0 Å². The smallest absolute Gasteiger partial charge is 0.270 e. The molecule has 1 aromatic heterocycles. The first-order valence-corrected chi connectivity index (χ1v) is 13.4. The van der Waals surface area contributed by atoms with Gasteiger partial charge in [-0.2, -0.15) is 0 Å². The van der Waals surface area contributed by atoms with Crippen LogP contribution < -0.4 is 9.64 Å². The third-order valence-electron chi connectivity index (χ3n) is 5.31. The number of fused-ring (bicyclic) bond motifs is 1. The van der Waals surface area contributed by atoms with Gasteiger partial charge in [0.05, 0.1) is 32.9 Å². The molecule has 0 saturated heterocycles. The lowest BCUT2D eigenvalue weighted by Gasteiger charge is -2.21. The van der Waals surface area contributed by atoms with Gasteiger partial charge in [-0.1, -0.05) is 11.3 Å². The predicted molar refractivity (Wildman–Crippen MR) is 136 cm³/mol. The average Bonchev–Trinajstić information content (AvgIpc) is 3.24. The van der Waals surface area contributed by atoms with Gasteiger partial charge >= 0.3 is 0 Å². The lowest BCUT2D eigenvalue weighted by atomic mass is 10.3. The minimum Gasteiger partial charge on any atom is -0.497 e. The van der Waals surface area contributed by atoms with Gasteiger partial charge in [-0.3, -0.25) is 19.8 Å². The van der Waals surface area contributed by atoms with Crippen LogP contribution in [0.4, 0.5) is 10.8 Å². The summed E-state index contributed by atoms with van der Waals surface area (Å²) in [6.45, 7) is 1.16. The van der Waals surface area contributed by atoms with Crippen LogP contribution in [0.2, 0.25) is 0 Å². The molecule has 0 atom stereocenters. The number of non-ortho nitro benzene ring substituents is 1. The van der Waals surface area contributed by atoms with Crippen molar-refractivity contribution in [3.63, 3.8) is 0 Å². The number of hydrogen-bond acceptors (Lipinski definition) is 9. The van der Waals surface area contributed by atoms with Gasteiger partial charge in [-0.05, 0) is 63.8 Å². The predicted octanol–water partition coefficient (Wildman–Crippen LogP) is 3.75. The summed E-state index contributed by atoms with van der Waals surface area (Å²) in [6.07, 6.45) is 0.889. The standard InChI is InChI=1S/C23H28N4O6S2/c1-25(2)13-5-14-26(23-24-20-12-7-17(27(29)30)16-21(20)34-23)22(28)6-4-15-35(31,32)19-10-8-18(33-3)9-11-19/h7-12,16H,4-6,13-15H2,1-3H3. The van der Waals surface area contributed by atoms with Crippen LogP contribution in [-0.4, -0.2) is 69.2 Å². The Bertz CT molecular complexity index is 1290. The number of carbonyl (C=O) groups is 1. The summed E-state index contributed by atoms with van der Waals surface area (Å²) >= 11 is 1.21. The molecule has 35 heavy (non-hydrogen) atoms. The number of sulfone groups is 1. The molecule has 2 aromatic carbocycles. The van der Waals surface area contributed by atoms with Crippen molar-refractivity contribution in [1.29, 1.82) is 0 Å². The second kappa shape index (κ2) is 11.6. The number of carbonyl (C=O) groups excluding carboxylic acids is 1. The zero-order chi connectivity index (χ0) is 25.6. The van der Waals surface area contributed by atoms with Gasteiger partial charge < -0.3 is 9.64 Å². The van der Waals surface area contributed by atoms with Crippen LogP contribution in [0.15, 0.2) is 47.4 Å². The molecule has 3 rings (SSSR count). The number of rotatable bonds is 12. The summed E-state index contributed by atoms with van der Waals surface area (Å²) in [5.41, 5.74) is 0.532. The minimum atomic E-state index is -3.54. The van der Waals surface area contributed by atoms with E-state index in [4.69, 9.17) is 4.74 Å². The highest BCUT2D eigenvalue weighted by Gasteiger charge is 2.22. The number of benzene rings is 2. The molecule has 0 fully saturated rings. The molecule has 12 heteroatoms. The van der Waals surface area contributed by atoms with E-state index < -0.39 is 14.8 Å². The summed E-state index contributed by atoms with van der Waals surface area (Å²) in [7, 11) is 1.84. The first-order chi connectivity index (χ1) is 16.6. The number of hydrogen-bond donors (Lipinski definition) is 0. The van der Waals surface area contributed by atoms with E-state index in [9.17, 15) is 23.3 Å². The maximum atomic E-state index is 13.1. The fraction of sp³-hybridized carbons (Fsp3) is 0.391. The van der Waals surface area contributed by atoms with E-state index in [2.05, 4.69) is 4.98 Å². The van der Waals surface area contributed by atoms with Gasteiger partial charge in [0.15, 0.2) is 15.0 Å². The molecular weight excluding hydrogens is 492 g/mol. The van der Waals surface area contributed by atoms with Gasteiger partial charge in [-0.25, -0.2) is 13.4 Å². The van der Waals surface area contributed by atoms with E-state index in [1.807, 2.05) is 19.0 Å². The zero-order valence-electron chi connectivity index (χ0n) is 19.8. The maximum Gasteiger partial charge on any atom is 0.270 e. The fourth-order valence-electron chi connectivity index (χ4n) is 3.45. The van der Waals surface area contributed by atoms with Gasteiger partial charge in [-0.15, -0.1) is 0 Å². The first-order valence-electron chi connectivity index (χ1n) is 11.0. The summed E-state index contributed by atoms with van der Waals surface area (Å²) in [4.78, 5) is 32.0. The Morgan fingerprint density at radius 3 is 2.46 bits per heavy atom. The Morgan fingerprint density at radius 2 is 1.83 bits per heavy atom. The van der Waals surface area contributed by atoms with E-state index in [0.29, 0.717) is 34.1 Å². The Morgan fingerprint density at radius 1 is 1.11 bits per heavy atom. The third kappa shape index (κ3) is 6.96. The highest BCUT2D eigenvalue weighted by molar-refractivity contribution is 7.91. The number of ether oxygens (including phenoxy) is 1. The molecule has 10 nitrogen and oxygen atoms in total. The van der Waals surface area contributed by atoms with Crippen molar-refractivity contribution in [2.45, 2.75) is 24.2 Å². The Balaban J connectivity index is 1.73. The van der Waals surface area contributed by atoms with Crippen molar-refractivity contribution in [3.8, 4) is 5.75 Å². The van der Waals surface area contributed by atoms with Crippen LogP contribution in [-0.2, 0) is 14.6 Å². The molecule has 0 saturated carbocycles. The number of nitro groups is 1. The SMILES string of the molecule is COc1ccc(S(=O)(=O)CCCC(=O)N(CCCN(C)C)c2nc3ccc([N+](=O)[O-])cc3s2)cc1. The number of amides is 1. The molecule has 0 aliphatic rings. The molecule has 0 radical (unpaired) electrons. The van der Waals surface area contributed by atoms with Gasteiger partial charge in [0.1, 0.15) is 5.75 Å². The van der Waals surface area contributed by atoms with Gasteiger partial charge in [0.2, 0.25) is 5.91 Å². The Hall–Kier alpha value is -3.09. The molecule has 1 heterocycles. The van der Waals surface area contributed by atoms with Gasteiger partial charge in [0, 0.05) is 25.1 Å². The molecule has 0 unspecified atom stereocenters. The molecule has 0 aliphatic carbocycles. The van der Waals surface area contributed by atoms with Crippen molar-refractivity contribution in [2.24, 2.45) is 0 Å². The van der Waals surface area contributed by atoms with Gasteiger partial charge in [0.25, 0.3) is 5.69 Å². The fourth-order valence-corrected chi connectivity index (χ4v) is 5.80. The zero-order valence-corrected chi connectivity index (χ0v) is 21.5. The van der Waals surface area contributed by atoms with Crippen molar-refractivity contribution in [1.82, 2.24) is 9.88 Å². The number of anilines is 1. The molecule has 0 aliphatic heterocycles. The van der Waals surface area contributed by atoms with Crippen LogP contribution in [0.1, 0.15) is 19.3 Å². The molecule has 0 bridgehead atoms. The largest absolute Gasteiger partial charge is 0.497 e. The maximum absolute atomic E-state index is 13.1. The molecule has 1 amide bonds. The minimum absolute atomic E-state index is 0.0351. The van der Waals surface area contributed by atoms with Crippen molar-refractivity contribution in [3.05, 3.63) is 52.6 Å². The number of aromatic nitrogens is 1. The van der Waals surface area contributed by atoms with Crippen molar-refractivity contribution < 1.29 is 22.9 Å². The summed E-state index contributed by atoms with van der Waals surface area (Å²) in [5, 5.41) is 11.5. The van der Waals surface area contributed by atoms with Crippen LogP contribution in [0, 0.1) is 10.1 Å². The van der Waals surface area contributed by atoms with Crippen LogP contribution >= 0.6 is 11.3 Å². The second-order valence-electron chi connectivity index (χ2n) is 8.21. The van der Waals surface area contributed by atoms with Crippen LogP contribution in [0.5, 0.6) is 5.75 Å². The number of nitrogens with zero attached hydrogens (tertiary/aromatic N) is 4. The van der Waals surface area contributed by atoms with Crippen LogP contribution in [0.3, 0.4) is 0 Å². The molecular formula is C23H28N4O6S2. The van der Waals surface area contributed by atoms with E-state index in [0.717, 1.165) is 6.54 Å². The summed E-state index contributed by atoms with van der Waals surface area (Å²) < 4.78 is 31.0. The summed E-state index contributed by atoms with van der Waals surface area (Å²) in [6, 6.07) is 10.5. The van der Waals surface area contributed by atoms with E-state index in [1.165, 1.54) is 42.7 Å². The summed E-state index contributed by atoms with van der Waals surface area (Å²) in [5.74, 6) is 0.165. The number of thiazole rings is 1. The topological polar surface area (TPSA) is 123 Å². The molecule has 3 aromatic rings. The quantitative estimate of drug-likeness (QED) is 0.261. The monoisotopic (exact) mass is 520 g/mol. The lowest BCUT2D eigenvalue weighted by molar-refractivity contribution is -0.384. The lowest BCUT2D eigenvalue weighted by Crippen LogP contribution is -2.33. The average molecular weight is 521 g/mol.